The Balaban J connectivity index is 1.70. The van der Waals surface area contributed by atoms with Crippen molar-refractivity contribution in [3.05, 3.63) is 76.8 Å². The van der Waals surface area contributed by atoms with E-state index in [4.69, 9.17) is 11.6 Å². The van der Waals surface area contributed by atoms with Crippen molar-refractivity contribution in [3.63, 3.8) is 0 Å². The van der Waals surface area contributed by atoms with Crippen molar-refractivity contribution in [2.75, 3.05) is 0 Å². The van der Waals surface area contributed by atoms with Crippen LogP contribution in [0.5, 0.6) is 0 Å². The summed E-state index contributed by atoms with van der Waals surface area (Å²) >= 11 is 5.68. The number of hydrogen-bond acceptors (Lipinski definition) is 3. The molecule has 2 aromatic heterocycles. The van der Waals surface area contributed by atoms with Gasteiger partial charge < -0.3 is 9.88 Å². The van der Waals surface area contributed by atoms with Crippen LogP contribution in [0, 0.1) is 12.7 Å². The summed E-state index contributed by atoms with van der Waals surface area (Å²) in [5.41, 5.74) is 1.47. The lowest BCUT2D eigenvalue weighted by atomic mass is 10.2. The molecule has 0 aliphatic heterocycles. The van der Waals surface area contributed by atoms with Crippen LogP contribution in [0.15, 0.2) is 48.9 Å². The summed E-state index contributed by atoms with van der Waals surface area (Å²) in [5.74, 6) is 0.0234. The van der Waals surface area contributed by atoms with E-state index in [0.29, 0.717) is 27.8 Å². The van der Waals surface area contributed by atoms with Crippen LogP contribution in [0.2, 0.25) is 5.15 Å². The first kappa shape index (κ1) is 16.1. The van der Waals surface area contributed by atoms with Gasteiger partial charge in [-0.05, 0) is 36.8 Å². The maximum atomic E-state index is 14.3. The number of amides is 1. The Morgan fingerprint density at radius 1 is 1.29 bits per heavy atom. The van der Waals surface area contributed by atoms with Gasteiger partial charge in [0, 0.05) is 25.1 Å². The summed E-state index contributed by atoms with van der Waals surface area (Å²) < 4.78 is 16.0. The van der Waals surface area contributed by atoms with Crippen LogP contribution in [0.4, 0.5) is 4.39 Å². The van der Waals surface area contributed by atoms with Gasteiger partial charge in [0.2, 0.25) is 0 Å². The van der Waals surface area contributed by atoms with Gasteiger partial charge in [0.1, 0.15) is 16.8 Å². The van der Waals surface area contributed by atoms with E-state index < -0.39 is 0 Å². The van der Waals surface area contributed by atoms with Crippen LogP contribution in [0.3, 0.4) is 0 Å². The largest absolute Gasteiger partial charge is 0.348 e. The van der Waals surface area contributed by atoms with Crippen LogP contribution in [0.25, 0.3) is 5.69 Å². The van der Waals surface area contributed by atoms with Gasteiger partial charge in [0.15, 0.2) is 0 Å². The minimum Gasteiger partial charge on any atom is -0.348 e. The van der Waals surface area contributed by atoms with Gasteiger partial charge in [0.05, 0.1) is 11.3 Å². The molecule has 7 heteroatoms. The van der Waals surface area contributed by atoms with E-state index in [1.54, 1.807) is 48.1 Å². The first-order valence-electron chi connectivity index (χ1n) is 7.23. The van der Waals surface area contributed by atoms with E-state index in [-0.39, 0.29) is 18.3 Å². The molecule has 0 fully saturated rings. The number of hydrogen-bond donors (Lipinski definition) is 1. The molecule has 3 aromatic rings. The molecular formula is C17H14ClFN4O. The fourth-order valence-corrected chi connectivity index (χ4v) is 2.39. The van der Waals surface area contributed by atoms with Gasteiger partial charge >= 0.3 is 0 Å². The number of aromatic nitrogens is 3. The lowest BCUT2D eigenvalue weighted by Crippen LogP contribution is -2.23. The number of benzene rings is 1. The number of pyridine rings is 1. The van der Waals surface area contributed by atoms with Gasteiger partial charge in [-0.1, -0.05) is 17.7 Å². The van der Waals surface area contributed by atoms with Crippen molar-refractivity contribution in [2.45, 2.75) is 13.5 Å². The Labute approximate surface area is 143 Å². The number of rotatable bonds is 4. The Morgan fingerprint density at radius 2 is 2.12 bits per heavy atom. The first-order chi connectivity index (χ1) is 11.5. The minimum atomic E-state index is -0.379. The molecule has 2 heterocycles. The highest BCUT2D eigenvalue weighted by Crippen LogP contribution is 2.17. The molecule has 122 valence electrons. The smallest absolute Gasteiger partial charge is 0.253 e. The van der Waals surface area contributed by atoms with E-state index in [1.807, 2.05) is 0 Å². The topological polar surface area (TPSA) is 59.8 Å². The van der Waals surface area contributed by atoms with Crippen LogP contribution < -0.4 is 5.32 Å². The Bertz CT molecular complexity index is 877. The highest BCUT2D eigenvalue weighted by Gasteiger charge is 2.10. The van der Waals surface area contributed by atoms with Crippen molar-refractivity contribution in [1.29, 1.82) is 0 Å². The van der Waals surface area contributed by atoms with E-state index in [0.717, 1.165) is 0 Å². The molecule has 3 rings (SSSR count). The molecule has 0 bridgehead atoms. The number of aryl methyl sites for hydroxylation is 1. The van der Waals surface area contributed by atoms with Crippen molar-refractivity contribution in [3.8, 4) is 5.69 Å². The maximum absolute atomic E-state index is 14.3. The fraction of sp³-hybridized carbons (Fsp3) is 0.118. The van der Waals surface area contributed by atoms with Crippen molar-refractivity contribution in [1.82, 2.24) is 19.9 Å². The quantitative estimate of drug-likeness (QED) is 0.739. The normalized spacial score (nSPS) is 10.6. The predicted octanol–water partition coefficient (Wildman–Crippen LogP) is 3.30. The molecule has 0 saturated heterocycles. The van der Waals surface area contributed by atoms with Gasteiger partial charge in [-0.15, -0.1) is 0 Å². The molecule has 0 unspecified atom stereocenters. The molecular weight excluding hydrogens is 331 g/mol. The number of carbonyl (C=O) groups excluding carboxylic acids is 1. The second-order valence-corrected chi connectivity index (χ2v) is 5.57. The number of carbonyl (C=O) groups is 1. The van der Waals surface area contributed by atoms with Crippen LogP contribution in [-0.2, 0) is 6.54 Å². The zero-order valence-electron chi connectivity index (χ0n) is 12.8. The summed E-state index contributed by atoms with van der Waals surface area (Å²) in [5, 5.41) is 3.04. The second kappa shape index (κ2) is 6.80. The third kappa shape index (κ3) is 3.44. The molecule has 0 aliphatic carbocycles. The molecule has 1 aromatic carbocycles. The zero-order chi connectivity index (χ0) is 17.1. The standard InChI is InChI=1S/C17H14ClFN4O/c1-11-20-6-7-23(11)15-4-2-12(8-14(15)19)9-22-17(24)13-3-5-16(18)21-10-13/h2-8,10H,9H2,1H3,(H,22,24). The number of nitrogens with one attached hydrogen (secondary N) is 1. The summed E-state index contributed by atoms with van der Waals surface area (Å²) in [6.45, 7) is 2.01. The highest BCUT2D eigenvalue weighted by atomic mass is 35.5. The van der Waals surface area contributed by atoms with E-state index >= 15 is 0 Å². The van der Waals surface area contributed by atoms with E-state index in [1.165, 1.54) is 12.3 Å². The predicted molar refractivity (Wildman–Crippen MR) is 88.7 cm³/mol. The van der Waals surface area contributed by atoms with Gasteiger partial charge in [-0.25, -0.2) is 14.4 Å². The maximum Gasteiger partial charge on any atom is 0.253 e. The summed E-state index contributed by atoms with van der Waals surface area (Å²) in [7, 11) is 0. The van der Waals surface area contributed by atoms with E-state index in [2.05, 4.69) is 15.3 Å². The fourth-order valence-electron chi connectivity index (χ4n) is 2.28. The van der Waals surface area contributed by atoms with Gasteiger partial charge in [-0.2, -0.15) is 0 Å². The van der Waals surface area contributed by atoms with Crippen molar-refractivity contribution < 1.29 is 9.18 Å². The molecule has 1 N–H and O–H groups in total. The van der Waals surface area contributed by atoms with Crippen LogP contribution in [-0.4, -0.2) is 20.4 Å². The van der Waals surface area contributed by atoms with Gasteiger partial charge in [0.25, 0.3) is 5.91 Å². The summed E-state index contributed by atoms with van der Waals surface area (Å²) in [6.07, 6.45) is 4.70. The molecule has 0 aliphatic rings. The van der Waals surface area contributed by atoms with Crippen LogP contribution in [0.1, 0.15) is 21.7 Å². The minimum absolute atomic E-state index is 0.210. The summed E-state index contributed by atoms with van der Waals surface area (Å²) in [4.78, 5) is 19.9. The third-order valence-electron chi connectivity index (χ3n) is 3.54. The molecule has 0 spiro atoms. The van der Waals surface area contributed by atoms with Crippen molar-refractivity contribution in [2.24, 2.45) is 0 Å². The molecule has 0 radical (unpaired) electrons. The zero-order valence-corrected chi connectivity index (χ0v) is 13.6. The molecule has 1 amide bonds. The van der Waals surface area contributed by atoms with Crippen LogP contribution >= 0.6 is 11.6 Å². The van der Waals surface area contributed by atoms with Crippen molar-refractivity contribution >= 4 is 17.5 Å². The lowest BCUT2D eigenvalue weighted by molar-refractivity contribution is 0.0950. The number of imidazole rings is 1. The summed E-state index contributed by atoms with van der Waals surface area (Å²) in [6, 6.07) is 7.94. The first-order valence-corrected chi connectivity index (χ1v) is 7.61. The average Bonchev–Trinajstić information content (AvgIpc) is 2.99. The highest BCUT2D eigenvalue weighted by molar-refractivity contribution is 6.29. The molecule has 0 saturated carbocycles. The van der Waals surface area contributed by atoms with Gasteiger partial charge in [-0.3, -0.25) is 4.79 Å². The molecule has 24 heavy (non-hydrogen) atoms. The average molecular weight is 345 g/mol. The lowest BCUT2D eigenvalue weighted by Gasteiger charge is -2.09. The Hall–Kier alpha value is -2.73. The second-order valence-electron chi connectivity index (χ2n) is 5.18. The third-order valence-corrected chi connectivity index (χ3v) is 3.76. The Kier molecular flexibility index (Phi) is 4.57. The Morgan fingerprint density at radius 3 is 2.75 bits per heavy atom. The monoisotopic (exact) mass is 344 g/mol. The molecule has 5 nitrogen and oxygen atoms in total. The molecule has 0 atom stereocenters. The SMILES string of the molecule is Cc1nccn1-c1ccc(CNC(=O)c2ccc(Cl)nc2)cc1F. The number of nitrogens with zero attached hydrogens (tertiary/aromatic N) is 3. The van der Waals surface area contributed by atoms with E-state index in [9.17, 15) is 9.18 Å². The number of halogens is 2.